The van der Waals surface area contributed by atoms with Gasteiger partial charge < -0.3 is 19.0 Å². The van der Waals surface area contributed by atoms with Crippen LogP contribution in [0.1, 0.15) is 30.0 Å². The molecule has 186 valence electrons. The van der Waals surface area contributed by atoms with Crippen molar-refractivity contribution in [1.29, 1.82) is 0 Å². The van der Waals surface area contributed by atoms with Crippen molar-refractivity contribution in [2.24, 2.45) is 5.92 Å². The highest BCUT2D eigenvalue weighted by molar-refractivity contribution is 6.06. The van der Waals surface area contributed by atoms with Gasteiger partial charge in [0, 0.05) is 31.7 Å². The predicted octanol–water partition coefficient (Wildman–Crippen LogP) is 4.29. The number of nitrogens with zero attached hydrogens (tertiary/aromatic N) is 5. The van der Waals surface area contributed by atoms with Crippen LogP contribution in [0.25, 0.3) is 22.3 Å². The molecule has 0 atom stereocenters. The van der Waals surface area contributed by atoms with Crippen molar-refractivity contribution in [1.82, 2.24) is 24.6 Å². The van der Waals surface area contributed by atoms with Crippen LogP contribution in [0.5, 0.6) is 0 Å². The monoisotopic (exact) mass is 487 g/mol. The second kappa shape index (κ2) is 10.2. The SMILES string of the molecule is CC(C)COC(=O)N1CCN(C(=O)c2cc(-c3ccccc3)nc3c2cnn3Cc2ccco2)CC1. The van der Waals surface area contributed by atoms with Crippen molar-refractivity contribution < 1.29 is 18.7 Å². The van der Waals surface area contributed by atoms with Crippen molar-refractivity contribution in [3.63, 3.8) is 0 Å². The molecule has 0 spiro atoms. The number of rotatable bonds is 6. The number of carbonyl (C=O) groups is 2. The van der Waals surface area contributed by atoms with Crippen LogP contribution < -0.4 is 0 Å². The van der Waals surface area contributed by atoms with E-state index in [1.54, 1.807) is 26.9 Å². The number of carbonyl (C=O) groups excluding carboxylic acids is 2. The van der Waals surface area contributed by atoms with E-state index in [1.165, 1.54) is 0 Å². The van der Waals surface area contributed by atoms with Gasteiger partial charge in [0.2, 0.25) is 0 Å². The minimum absolute atomic E-state index is 0.104. The smallest absolute Gasteiger partial charge is 0.409 e. The second-order valence-electron chi connectivity index (χ2n) is 9.29. The molecule has 1 aliphatic rings. The Morgan fingerprint density at radius 1 is 1.03 bits per heavy atom. The molecule has 0 radical (unpaired) electrons. The standard InChI is InChI=1S/C27H29N5O4/c1-19(2)18-36-27(34)31-12-10-30(11-13-31)26(33)22-15-24(20-7-4-3-5-8-20)29-25-23(22)16-28-32(25)17-21-9-6-14-35-21/h3-9,14-16,19H,10-13,17-18H2,1-2H3. The Morgan fingerprint density at radius 3 is 2.47 bits per heavy atom. The Labute approximate surface area is 209 Å². The quantitative estimate of drug-likeness (QED) is 0.403. The minimum atomic E-state index is -0.326. The van der Waals surface area contributed by atoms with Crippen LogP contribution in [-0.2, 0) is 11.3 Å². The lowest BCUT2D eigenvalue weighted by Crippen LogP contribution is -2.50. The fraction of sp³-hybridized carbons (Fsp3) is 0.333. The Kier molecular flexibility index (Phi) is 6.71. The third kappa shape index (κ3) is 4.95. The van der Waals surface area contributed by atoms with Crippen LogP contribution in [0.4, 0.5) is 4.79 Å². The topological polar surface area (TPSA) is 93.7 Å². The molecule has 1 aromatic carbocycles. The fourth-order valence-corrected chi connectivity index (χ4v) is 4.24. The van der Waals surface area contributed by atoms with Crippen LogP contribution in [0.15, 0.2) is 65.4 Å². The van der Waals surface area contributed by atoms with Gasteiger partial charge in [-0.05, 0) is 24.1 Å². The lowest BCUT2D eigenvalue weighted by Gasteiger charge is -2.34. The summed E-state index contributed by atoms with van der Waals surface area (Å²) in [5, 5.41) is 5.20. The molecule has 4 heterocycles. The lowest BCUT2D eigenvalue weighted by atomic mass is 10.1. The van der Waals surface area contributed by atoms with E-state index in [0.29, 0.717) is 61.6 Å². The summed E-state index contributed by atoms with van der Waals surface area (Å²) in [6.45, 7) is 6.52. The maximum atomic E-state index is 13.7. The number of furan rings is 1. The van der Waals surface area contributed by atoms with Gasteiger partial charge in [-0.15, -0.1) is 0 Å². The van der Waals surface area contributed by atoms with Gasteiger partial charge >= 0.3 is 6.09 Å². The number of ether oxygens (including phenoxy) is 1. The summed E-state index contributed by atoms with van der Waals surface area (Å²) in [4.78, 5) is 34.4. The molecule has 36 heavy (non-hydrogen) atoms. The summed E-state index contributed by atoms with van der Waals surface area (Å²) in [7, 11) is 0. The first-order chi connectivity index (χ1) is 17.5. The third-order valence-electron chi connectivity index (χ3n) is 6.16. The van der Waals surface area contributed by atoms with Crippen LogP contribution in [-0.4, -0.2) is 69.4 Å². The highest BCUT2D eigenvalue weighted by Crippen LogP contribution is 2.27. The maximum absolute atomic E-state index is 13.7. The lowest BCUT2D eigenvalue weighted by molar-refractivity contribution is 0.0536. The van der Waals surface area contributed by atoms with Crippen molar-refractivity contribution in [2.75, 3.05) is 32.8 Å². The highest BCUT2D eigenvalue weighted by atomic mass is 16.6. The van der Waals surface area contributed by atoms with Gasteiger partial charge in [0.05, 0.1) is 35.7 Å². The number of hydrogen-bond acceptors (Lipinski definition) is 6. The molecule has 1 saturated heterocycles. The molecule has 9 nitrogen and oxygen atoms in total. The van der Waals surface area contributed by atoms with E-state index < -0.39 is 0 Å². The summed E-state index contributed by atoms with van der Waals surface area (Å²) < 4.78 is 12.6. The van der Waals surface area contributed by atoms with E-state index in [4.69, 9.17) is 14.1 Å². The molecule has 0 saturated carbocycles. The maximum Gasteiger partial charge on any atom is 0.409 e. The molecule has 1 fully saturated rings. The van der Waals surface area contributed by atoms with Crippen LogP contribution in [0.2, 0.25) is 0 Å². The third-order valence-corrected chi connectivity index (χ3v) is 6.16. The first-order valence-electron chi connectivity index (χ1n) is 12.1. The zero-order chi connectivity index (χ0) is 25.1. The zero-order valence-electron chi connectivity index (χ0n) is 20.5. The molecule has 2 amide bonds. The molecule has 9 heteroatoms. The first-order valence-corrected chi connectivity index (χ1v) is 12.1. The van der Waals surface area contributed by atoms with Crippen LogP contribution >= 0.6 is 0 Å². The minimum Gasteiger partial charge on any atom is -0.467 e. The highest BCUT2D eigenvalue weighted by Gasteiger charge is 2.28. The van der Waals surface area contributed by atoms with Crippen molar-refractivity contribution in [3.8, 4) is 11.3 Å². The zero-order valence-corrected chi connectivity index (χ0v) is 20.5. The Bertz CT molecular complexity index is 1340. The largest absolute Gasteiger partial charge is 0.467 e. The molecule has 5 rings (SSSR count). The second-order valence-corrected chi connectivity index (χ2v) is 9.29. The number of fused-ring (bicyclic) bond motifs is 1. The van der Waals surface area contributed by atoms with Crippen LogP contribution in [0.3, 0.4) is 0 Å². The van der Waals surface area contributed by atoms with Crippen molar-refractivity contribution >= 4 is 23.0 Å². The van der Waals surface area contributed by atoms with Gasteiger partial charge in [-0.1, -0.05) is 44.2 Å². The van der Waals surface area contributed by atoms with Crippen molar-refractivity contribution in [2.45, 2.75) is 20.4 Å². The molecule has 4 aromatic rings. The predicted molar refractivity (Wildman–Crippen MR) is 134 cm³/mol. The van der Waals surface area contributed by atoms with Gasteiger partial charge in [0.15, 0.2) is 5.65 Å². The van der Waals surface area contributed by atoms with E-state index in [0.717, 1.165) is 11.3 Å². The number of hydrogen-bond donors (Lipinski definition) is 0. The average Bonchev–Trinajstić information content (AvgIpc) is 3.57. The van der Waals surface area contributed by atoms with E-state index in [9.17, 15) is 9.59 Å². The van der Waals surface area contributed by atoms with Gasteiger partial charge in [-0.2, -0.15) is 5.10 Å². The van der Waals surface area contributed by atoms with E-state index in [-0.39, 0.29) is 17.9 Å². The van der Waals surface area contributed by atoms with Gasteiger partial charge in [-0.3, -0.25) is 4.79 Å². The van der Waals surface area contributed by atoms with Gasteiger partial charge in [-0.25, -0.2) is 14.5 Å². The normalized spacial score (nSPS) is 14.0. The summed E-state index contributed by atoms with van der Waals surface area (Å²) in [5.41, 5.74) is 2.77. The van der Waals surface area contributed by atoms with Crippen LogP contribution in [0, 0.1) is 5.92 Å². The summed E-state index contributed by atoms with van der Waals surface area (Å²) in [6, 6.07) is 15.3. The fourth-order valence-electron chi connectivity index (χ4n) is 4.24. The van der Waals surface area contributed by atoms with Gasteiger partial charge in [0.25, 0.3) is 5.91 Å². The molecule has 0 unspecified atom stereocenters. The molecule has 0 aliphatic carbocycles. The molecular formula is C27H29N5O4. The Hall–Kier alpha value is -4.14. The van der Waals surface area contributed by atoms with Crippen molar-refractivity contribution in [3.05, 3.63) is 72.3 Å². The number of aromatic nitrogens is 3. The van der Waals surface area contributed by atoms with Gasteiger partial charge in [0.1, 0.15) is 12.3 Å². The van der Waals surface area contributed by atoms with E-state index in [2.05, 4.69) is 5.10 Å². The number of amides is 2. The Morgan fingerprint density at radius 2 is 1.78 bits per heavy atom. The number of piperazine rings is 1. The average molecular weight is 488 g/mol. The molecular weight excluding hydrogens is 458 g/mol. The summed E-state index contributed by atoms with van der Waals surface area (Å²) in [6.07, 6.45) is 2.98. The molecule has 3 aromatic heterocycles. The number of benzene rings is 1. The molecule has 0 bridgehead atoms. The summed E-state index contributed by atoms with van der Waals surface area (Å²) >= 11 is 0. The van der Waals surface area contributed by atoms with E-state index >= 15 is 0 Å². The summed E-state index contributed by atoms with van der Waals surface area (Å²) in [5.74, 6) is 0.922. The first kappa shape index (κ1) is 23.6. The number of pyridine rings is 1. The van der Waals surface area contributed by atoms with E-state index in [1.807, 2.05) is 62.4 Å². The molecule has 1 aliphatic heterocycles. The molecule has 0 N–H and O–H groups in total. The Balaban J connectivity index is 1.42.